The van der Waals surface area contributed by atoms with Crippen LogP contribution in [0.15, 0.2) is 72.8 Å². The van der Waals surface area contributed by atoms with Crippen molar-refractivity contribution in [2.45, 2.75) is 0 Å². The first-order chi connectivity index (χ1) is 10.7. The second-order valence-electron chi connectivity index (χ2n) is 4.91. The van der Waals surface area contributed by atoms with Crippen molar-refractivity contribution in [3.8, 4) is 22.6 Å². The molecule has 0 heterocycles. The minimum Gasteiger partial charge on any atom is -0.507 e. The topological polar surface area (TPSA) is 57.5 Å². The van der Waals surface area contributed by atoms with Crippen molar-refractivity contribution >= 4 is 5.78 Å². The second kappa shape index (κ2) is 5.74. The molecule has 0 fully saturated rings. The van der Waals surface area contributed by atoms with Crippen molar-refractivity contribution in [2.24, 2.45) is 0 Å². The van der Waals surface area contributed by atoms with E-state index in [2.05, 4.69) is 0 Å². The zero-order valence-corrected chi connectivity index (χ0v) is 11.7. The lowest BCUT2D eigenvalue weighted by molar-refractivity contribution is 0.103. The third-order valence-electron chi connectivity index (χ3n) is 3.51. The van der Waals surface area contributed by atoms with Crippen molar-refractivity contribution < 1.29 is 15.0 Å². The largest absolute Gasteiger partial charge is 0.507 e. The number of phenols is 2. The smallest absolute Gasteiger partial charge is 0.196 e. The van der Waals surface area contributed by atoms with Gasteiger partial charge in [-0.1, -0.05) is 60.7 Å². The SMILES string of the molecule is O=C(c1ccccc1)c1cccc(-c2ccccc2O)c1O. The molecule has 3 nitrogen and oxygen atoms in total. The zero-order valence-electron chi connectivity index (χ0n) is 11.7. The van der Waals surface area contributed by atoms with Crippen LogP contribution in [0.1, 0.15) is 15.9 Å². The van der Waals surface area contributed by atoms with Crippen LogP contribution >= 0.6 is 0 Å². The Morgan fingerprint density at radius 2 is 1.32 bits per heavy atom. The lowest BCUT2D eigenvalue weighted by Crippen LogP contribution is -2.02. The first-order valence-electron chi connectivity index (χ1n) is 6.88. The molecule has 0 bridgehead atoms. The molecule has 0 spiro atoms. The fraction of sp³-hybridized carbons (Fsp3) is 0. The Kier molecular flexibility index (Phi) is 3.62. The van der Waals surface area contributed by atoms with Gasteiger partial charge < -0.3 is 10.2 Å². The highest BCUT2D eigenvalue weighted by atomic mass is 16.3. The normalized spacial score (nSPS) is 10.4. The Morgan fingerprint density at radius 3 is 2.05 bits per heavy atom. The van der Waals surface area contributed by atoms with E-state index in [1.165, 1.54) is 0 Å². The van der Waals surface area contributed by atoms with Crippen LogP contribution in [0.2, 0.25) is 0 Å². The molecule has 3 rings (SSSR count). The van der Waals surface area contributed by atoms with Crippen LogP contribution in [0.5, 0.6) is 11.5 Å². The summed E-state index contributed by atoms with van der Waals surface area (Å²) in [5.41, 5.74) is 1.64. The molecule has 0 atom stereocenters. The fourth-order valence-electron chi connectivity index (χ4n) is 2.39. The number of benzene rings is 3. The Hall–Kier alpha value is -3.07. The minimum atomic E-state index is -0.254. The standard InChI is InChI=1S/C19H14O3/c20-17-12-5-4-9-14(17)15-10-6-11-16(19(15)22)18(21)13-7-2-1-3-8-13/h1-12,20,22H. The monoisotopic (exact) mass is 290 g/mol. The highest BCUT2D eigenvalue weighted by Gasteiger charge is 2.17. The van der Waals surface area contributed by atoms with Gasteiger partial charge in [0.25, 0.3) is 0 Å². The van der Waals surface area contributed by atoms with Crippen molar-refractivity contribution in [1.29, 1.82) is 0 Å². The number of carbonyl (C=O) groups is 1. The number of hydrogen-bond donors (Lipinski definition) is 2. The van der Waals surface area contributed by atoms with Gasteiger partial charge in [0.05, 0.1) is 5.56 Å². The number of phenolic OH excluding ortho intramolecular Hbond substituents is 2. The Balaban J connectivity index is 2.11. The first kappa shape index (κ1) is 13.9. The highest BCUT2D eigenvalue weighted by molar-refractivity contribution is 6.11. The van der Waals surface area contributed by atoms with E-state index in [0.717, 1.165) is 0 Å². The molecule has 0 saturated carbocycles. The second-order valence-corrected chi connectivity index (χ2v) is 4.91. The molecule has 0 aliphatic rings. The summed E-state index contributed by atoms with van der Waals surface area (Å²) < 4.78 is 0. The van der Waals surface area contributed by atoms with Crippen molar-refractivity contribution in [1.82, 2.24) is 0 Å². The first-order valence-corrected chi connectivity index (χ1v) is 6.88. The average Bonchev–Trinajstić information content (AvgIpc) is 2.56. The zero-order chi connectivity index (χ0) is 15.5. The number of para-hydroxylation sites is 2. The highest BCUT2D eigenvalue weighted by Crippen LogP contribution is 2.37. The van der Waals surface area contributed by atoms with Gasteiger partial charge in [-0.25, -0.2) is 0 Å². The fourth-order valence-corrected chi connectivity index (χ4v) is 2.39. The molecule has 0 radical (unpaired) electrons. The maximum absolute atomic E-state index is 12.5. The molecule has 3 aromatic rings. The van der Waals surface area contributed by atoms with Crippen LogP contribution in [-0.4, -0.2) is 16.0 Å². The number of hydrogen-bond acceptors (Lipinski definition) is 3. The molecule has 0 unspecified atom stereocenters. The summed E-state index contributed by atoms with van der Waals surface area (Å²) in [5.74, 6) is -0.324. The van der Waals surface area contributed by atoms with Gasteiger partial charge >= 0.3 is 0 Å². The van der Waals surface area contributed by atoms with Gasteiger partial charge in [-0.2, -0.15) is 0 Å². The molecule has 0 aliphatic heterocycles. The molecule has 108 valence electrons. The van der Waals surface area contributed by atoms with Crippen LogP contribution in [0.4, 0.5) is 0 Å². The number of rotatable bonds is 3. The van der Waals surface area contributed by atoms with Gasteiger partial charge in [-0.05, 0) is 12.1 Å². The molecule has 2 N–H and O–H groups in total. The maximum atomic E-state index is 12.5. The third-order valence-corrected chi connectivity index (χ3v) is 3.51. The van der Waals surface area contributed by atoms with Gasteiger partial charge in [0, 0.05) is 16.7 Å². The van der Waals surface area contributed by atoms with Crippen molar-refractivity contribution in [2.75, 3.05) is 0 Å². The predicted octanol–water partition coefficient (Wildman–Crippen LogP) is 4.00. The van der Waals surface area contributed by atoms with Crippen LogP contribution < -0.4 is 0 Å². The van der Waals surface area contributed by atoms with E-state index < -0.39 is 0 Å². The lowest BCUT2D eigenvalue weighted by atomic mass is 9.96. The summed E-state index contributed by atoms with van der Waals surface area (Å²) in [4.78, 5) is 12.5. The van der Waals surface area contributed by atoms with E-state index >= 15 is 0 Å². The Morgan fingerprint density at radius 1 is 0.682 bits per heavy atom. The molecule has 0 aliphatic carbocycles. The van der Waals surface area contributed by atoms with E-state index in [9.17, 15) is 15.0 Å². The van der Waals surface area contributed by atoms with Crippen LogP contribution in [0, 0.1) is 0 Å². The molecule has 3 aromatic carbocycles. The third kappa shape index (κ3) is 2.44. The lowest BCUT2D eigenvalue weighted by Gasteiger charge is -2.10. The molecule has 0 saturated heterocycles. The maximum Gasteiger partial charge on any atom is 0.196 e. The molecule has 22 heavy (non-hydrogen) atoms. The number of aromatic hydroxyl groups is 2. The van der Waals surface area contributed by atoms with Crippen LogP contribution in [-0.2, 0) is 0 Å². The average molecular weight is 290 g/mol. The van der Waals surface area contributed by atoms with Gasteiger partial charge in [-0.15, -0.1) is 0 Å². The van der Waals surface area contributed by atoms with E-state index in [0.29, 0.717) is 16.7 Å². The summed E-state index contributed by atoms with van der Waals surface area (Å²) in [6.45, 7) is 0. The quantitative estimate of drug-likeness (QED) is 0.717. The summed E-state index contributed by atoms with van der Waals surface area (Å²) in [7, 11) is 0. The number of carbonyl (C=O) groups excluding carboxylic acids is 1. The van der Waals surface area contributed by atoms with Gasteiger partial charge in [0.15, 0.2) is 5.78 Å². The summed E-state index contributed by atoms with van der Waals surface area (Å²) in [5, 5.41) is 20.4. The minimum absolute atomic E-state index is 0.0575. The van der Waals surface area contributed by atoms with E-state index in [1.807, 2.05) is 6.07 Å². The van der Waals surface area contributed by atoms with Crippen molar-refractivity contribution in [3.63, 3.8) is 0 Å². The van der Waals surface area contributed by atoms with Gasteiger partial charge in [0.2, 0.25) is 0 Å². The van der Waals surface area contributed by atoms with Crippen molar-refractivity contribution in [3.05, 3.63) is 83.9 Å². The summed E-state index contributed by atoms with van der Waals surface area (Å²) in [6, 6.07) is 20.4. The van der Waals surface area contributed by atoms with Gasteiger partial charge in [0.1, 0.15) is 11.5 Å². The Labute approximate surface area is 128 Å². The molecule has 3 heteroatoms. The number of ketones is 1. The van der Waals surface area contributed by atoms with E-state index in [-0.39, 0.29) is 22.8 Å². The molecular weight excluding hydrogens is 276 g/mol. The summed E-state index contributed by atoms with van der Waals surface area (Å²) in [6.07, 6.45) is 0. The van der Waals surface area contributed by atoms with Crippen LogP contribution in [0.3, 0.4) is 0 Å². The van der Waals surface area contributed by atoms with Crippen LogP contribution in [0.25, 0.3) is 11.1 Å². The van der Waals surface area contributed by atoms with E-state index in [1.54, 1.807) is 66.7 Å². The predicted molar refractivity (Wildman–Crippen MR) is 85.1 cm³/mol. The van der Waals surface area contributed by atoms with E-state index in [4.69, 9.17) is 0 Å². The van der Waals surface area contributed by atoms with Gasteiger partial charge in [-0.3, -0.25) is 4.79 Å². The summed E-state index contributed by atoms with van der Waals surface area (Å²) >= 11 is 0. The molecular formula is C19H14O3. The molecule has 0 aromatic heterocycles. The Bertz CT molecular complexity index is 823. The molecule has 0 amide bonds.